The fourth-order valence-electron chi connectivity index (χ4n) is 3.54. The quantitative estimate of drug-likeness (QED) is 0.352. The van der Waals surface area contributed by atoms with Crippen molar-refractivity contribution < 1.29 is 27.4 Å². The van der Waals surface area contributed by atoms with Crippen LogP contribution in [-0.4, -0.2) is 35.2 Å². The predicted octanol–water partition coefficient (Wildman–Crippen LogP) is 4.68. The Kier molecular flexibility index (Phi) is 7.07. The molecule has 8 nitrogen and oxygen atoms in total. The molecule has 2 N–H and O–H groups in total. The molecule has 0 unspecified atom stereocenters. The zero-order valence-electron chi connectivity index (χ0n) is 19.1. The van der Waals surface area contributed by atoms with Crippen LogP contribution in [0.4, 0.5) is 11.4 Å². The molecule has 4 rings (SSSR count). The van der Waals surface area contributed by atoms with E-state index >= 15 is 0 Å². The number of nitrogens with one attached hydrogen (secondary N) is 2. The monoisotopic (exact) mass is 492 g/mol. The molecule has 0 aliphatic carbocycles. The number of ether oxygens (including phenoxy) is 3. The van der Waals surface area contributed by atoms with Gasteiger partial charge in [-0.15, -0.1) is 0 Å². The summed E-state index contributed by atoms with van der Waals surface area (Å²) in [6, 6.07) is 24.1. The summed E-state index contributed by atoms with van der Waals surface area (Å²) >= 11 is 0. The van der Waals surface area contributed by atoms with Crippen molar-refractivity contribution in [3.05, 3.63) is 84.9 Å². The third kappa shape index (κ3) is 5.47. The second kappa shape index (κ2) is 10.4. The van der Waals surface area contributed by atoms with Gasteiger partial charge < -0.3 is 19.5 Å². The summed E-state index contributed by atoms with van der Waals surface area (Å²) in [5, 5.41) is 4.55. The standard InChI is InChI=1S/C26H24N2O6S/c1-32-24-12-6-5-11-21(24)28-35(30,31)19-14-15-25(33-2)22(16-19)27-26(29)17-34-23-13-7-9-18-8-3-4-10-20(18)23/h3-16,28H,17H2,1-2H3,(H,27,29). The fourth-order valence-corrected chi connectivity index (χ4v) is 4.63. The number of rotatable bonds is 9. The average molecular weight is 493 g/mol. The number of hydrogen-bond donors (Lipinski definition) is 2. The Morgan fingerprint density at radius 2 is 1.43 bits per heavy atom. The topological polar surface area (TPSA) is 103 Å². The molecule has 0 fully saturated rings. The Morgan fingerprint density at radius 1 is 0.771 bits per heavy atom. The smallest absolute Gasteiger partial charge is 0.262 e. The molecule has 4 aromatic rings. The first-order valence-corrected chi connectivity index (χ1v) is 12.1. The summed E-state index contributed by atoms with van der Waals surface area (Å²) < 4.78 is 44.7. The number of benzene rings is 4. The minimum Gasteiger partial charge on any atom is -0.495 e. The van der Waals surface area contributed by atoms with Crippen LogP contribution in [0.3, 0.4) is 0 Å². The summed E-state index contributed by atoms with van der Waals surface area (Å²) in [5.74, 6) is 0.787. The van der Waals surface area contributed by atoms with E-state index in [-0.39, 0.29) is 17.2 Å². The van der Waals surface area contributed by atoms with Crippen LogP contribution in [0.5, 0.6) is 17.2 Å². The molecule has 0 saturated heterocycles. The first-order valence-electron chi connectivity index (χ1n) is 10.7. The molecule has 0 spiro atoms. The van der Waals surface area contributed by atoms with Crippen LogP contribution in [0.25, 0.3) is 10.8 Å². The number of carbonyl (C=O) groups excluding carboxylic acids is 1. The Labute approximate surface area is 203 Å². The van der Waals surface area contributed by atoms with Gasteiger partial charge in [0.15, 0.2) is 6.61 Å². The molecule has 0 radical (unpaired) electrons. The van der Waals surface area contributed by atoms with Crippen LogP contribution in [0.15, 0.2) is 89.8 Å². The van der Waals surface area contributed by atoms with Gasteiger partial charge in [0.1, 0.15) is 17.2 Å². The molecule has 0 bridgehead atoms. The lowest BCUT2D eigenvalue weighted by Crippen LogP contribution is -2.21. The number of sulfonamides is 1. The maximum absolute atomic E-state index is 13.0. The third-order valence-electron chi connectivity index (χ3n) is 5.22. The summed E-state index contributed by atoms with van der Waals surface area (Å²) in [4.78, 5) is 12.6. The highest BCUT2D eigenvalue weighted by molar-refractivity contribution is 7.92. The van der Waals surface area contributed by atoms with Gasteiger partial charge in [0.2, 0.25) is 0 Å². The normalized spacial score (nSPS) is 11.0. The first kappa shape index (κ1) is 23.9. The number of hydrogen-bond acceptors (Lipinski definition) is 6. The lowest BCUT2D eigenvalue weighted by atomic mass is 10.1. The molecule has 0 aromatic heterocycles. The van der Waals surface area contributed by atoms with Crippen molar-refractivity contribution in [2.24, 2.45) is 0 Å². The van der Waals surface area contributed by atoms with Crippen LogP contribution < -0.4 is 24.2 Å². The van der Waals surface area contributed by atoms with Crippen molar-refractivity contribution in [3.8, 4) is 17.2 Å². The summed E-state index contributed by atoms with van der Waals surface area (Å²) in [7, 11) is -1.09. The van der Waals surface area contributed by atoms with Gasteiger partial charge in [0, 0.05) is 5.39 Å². The van der Waals surface area contributed by atoms with E-state index in [0.29, 0.717) is 22.9 Å². The SMILES string of the molecule is COc1ccc(S(=O)(=O)Nc2ccccc2OC)cc1NC(=O)COc1cccc2ccccc12. The van der Waals surface area contributed by atoms with Crippen LogP contribution in [0.2, 0.25) is 0 Å². The number of carbonyl (C=O) groups is 1. The van der Waals surface area contributed by atoms with Crippen LogP contribution in [0.1, 0.15) is 0 Å². The Morgan fingerprint density at radius 3 is 2.23 bits per heavy atom. The van der Waals surface area contributed by atoms with Gasteiger partial charge in [-0.2, -0.15) is 0 Å². The van der Waals surface area contributed by atoms with Crippen LogP contribution >= 0.6 is 0 Å². The zero-order valence-corrected chi connectivity index (χ0v) is 20.0. The van der Waals surface area contributed by atoms with Gasteiger partial charge in [0.25, 0.3) is 15.9 Å². The van der Waals surface area contributed by atoms with Gasteiger partial charge >= 0.3 is 0 Å². The second-order valence-corrected chi connectivity index (χ2v) is 9.16. The molecular weight excluding hydrogens is 468 g/mol. The summed E-state index contributed by atoms with van der Waals surface area (Å²) in [5.41, 5.74) is 0.488. The van der Waals surface area contributed by atoms with Crippen molar-refractivity contribution in [2.45, 2.75) is 4.90 Å². The van der Waals surface area contributed by atoms with Crippen molar-refractivity contribution in [2.75, 3.05) is 30.9 Å². The average Bonchev–Trinajstić information content (AvgIpc) is 2.87. The zero-order chi connectivity index (χ0) is 24.8. The van der Waals surface area contributed by atoms with Crippen molar-refractivity contribution >= 4 is 38.1 Å². The number of amides is 1. The Balaban J connectivity index is 1.52. The number of para-hydroxylation sites is 2. The van der Waals surface area contributed by atoms with E-state index in [2.05, 4.69) is 10.0 Å². The Hall–Kier alpha value is -4.24. The van der Waals surface area contributed by atoms with Gasteiger partial charge in [-0.1, -0.05) is 48.5 Å². The molecule has 180 valence electrons. The third-order valence-corrected chi connectivity index (χ3v) is 6.58. The molecule has 0 heterocycles. The first-order chi connectivity index (χ1) is 16.9. The molecule has 0 atom stereocenters. The molecule has 4 aromatic carbocycles. The lowest BCUT2D eigenvalue weighted by Gasteiger charge is -2.15. The molecule has 0 aliphatic rings. The Bertz CT molecular complexity index is 1460. The maximum atomic E-state index is 13.0. The van der Waals surface area contributed by atoms with Gasteiger partial charge in [-0.05, 0) is 41.8 Å². The van der Waals surface area contributed by atoms with Crippen molar-refractivity contribution in [1.82, 2.24) is 0 Å². The van der Waals surface area contributed by atoms with E-state index in [1.807, 2.05) is 36.4 Å². The molecule has 1 amide bonds. The fraction of sp³-hybridized carbons (Fsp3) is 0.115. The number of fused-ring (bicyclic) bond motifs is 1. The molecule has 9 heteroatoms. The minimum atomic E-state index is -3.98. The molecular formula is C26H24N2O6S. The predicted molar refractivity (Wildman–Crippen MR) is 135 cm³/mol. The maximum Gasteiger partial charge on any atom is 0.262 e. The van der Waals surface area contributed by atoms with E-state index in [1.54, 1.807) is 30.3 Å². The van der Waals surface area contributed by atoms with Gasteiger partial charge in [0.05, 0.1) is 30.5 Å². The lowest BCUT2D eigenvalue weighted by molar-refractivity contribution is -0.118. The van der Waals surface area contributed by atoms with Crippen LogP contribution in [0, 0.1) is 0 Å². The van der Waals surface area contributed by atoms with E-state index in [9.17, 15) is 13.2 Å². The minimum absolute atomic E-state index is 0.0607. The summed E-state index contributed by atoms with van der Waals surface area (Å²) in [6.45, 7) is -0.270. The number of methoxy groups -OCH3 is 2. The van der Waals surface area contributed by atoms with Gasteiger partial charge in [-0.25, -0.2) is 8.42 Å². The molecule has 0 saturated carbocycles. The van der Waals surface area contributed by atoms with Crippen molar-refractivity contribution in [3.63, 3.8) is 0 Å². The van der Waals surface area contributed by atoms with E-state index < -0.39 is 15.9 Å². The van der Waals surface area contributed by atoms with E-state index in [0.717, 1.165) is 10.8 Å². The highest BCUT2D eigenvalue weighted by atomic mass is 32.2. The molecule has 35 heavy (non-hydrogen) atoms. The largest absolute Gasteiger partial charge is 0.495 e. The highest BCUT2D eigenvalue weighted by Gasteiger charge is 2.19. The molecule has 0 aliphatic heterocycles. The van der Waals surface area contributed by atoms with E-state index in [4.69, 9.17) is 14.2 Å². The highest BCUT2D eigenvalue weighted by Crippen LogP contribution is 2.31. The van der Waals surface area contributed by atoms with Crippen LogP contribution in [-0.2, 0) is 14.8 Å². The summed E-state index contributed by atoms with van der Waals surface area (Å²) in [6.07, 6.45) is 0. The van der Waals surface area contributed by atoms with Crippen molar-refractivity contribution in [1.29, 1.82) is 0 Å². The number of anilines is 2. The second-order valence-electron chi connectivity index (χ2n) is 7.48. The van der Waals surface area contributed by atoms with E-state index in [1.165, 1.54) is 32.4 Å². The van der Waals surface area contributed by atoms with Gasteiger partial charge in [-0.3, -0.25) is 9.52 Å².